The van der Waals surface area contributed by atoms with Crippen molar-refractivity contribution in [1.82, 2.24) is 0 Å². The van der Waals surface area contributed by atoms with Crippen LogP contribution in [-0.4, -0.2) is 12.2 Å². The highest BCUT2D eigenvalue weighted by Gasteiger charge is 2.31. The summed E-state index contributed by atoms with van der Waals surface area (Å²) >= 11 is 1.61. The van der Waals surface area contributed by atoms with Crippen LogP contribution in [0.25, 0.3) is 0 Å². The number of rotatable bonds is 4. The largest absolute Gasteiger partial charge is 0.325 e. The van der Waals surface area contributed by atoms with Crippen molar-refractivity contribution in [2.24, 2.45) is 5.41 Å². The van der Waals surface area contributed by atoms with Crippen molar-refractivity contribution >= 4 is 23.4 Å². The summed E-state index contributed by atoms with van der Waals surface area (Å²) in [7, 11) is 0. The SMILES string of the molecule is CCC(C)(C#N)C(=O)Nc1cccc(SC)c1. The molecule has 1 N–H and O–H groups in total. The van der Waals surface area contributed by atoms with Crippen LogP contribution in [0.3, 0.4) is 0 Å². The highest BCUT2D eigenvalue weighted by molar-refractivity contribution is 7.98. The van der Waals surface area contributed by atoms with Gasteiger partial charge in [-0.2, -0.15) is 5.26 Å². The summed E-state index contributed by atoms with van der Waals surface area (Å²) in [6, 6.07) is 9.64. The van der Waals surface area contributed by atoms with E-state index in [4.69, 9.17) is 5.26 Å². The fraction of sp³-hybridized carbons (Fsp3) is 0.385. The molecule has 1 atom stereocenters. The van der Waals surface area contributed by atoms with Gasteiger partial charge in [0.05, 0.1) is 6.07 Å². The Kier molecular flexibility index (Phi) is 4.59. The first-order valence-electron chi connectivity index (χ1n) is 5.42. The molecule has 0 aromatic heterocycles. The van der Waals surface area contributed by atoms with Crippen molar-refractivity contribution in [2.75, 3.05) is 11.6 Å². The average molecular weight is 248 g/mol. The molecule has 0 aliphatic carbocycles. The molecule has 0 saturated carbocycles. The van der Waals surface area contributed by atoms with Gasteiger partial charge in [-0.15, -0.1) is 11.8 Å². The molecule has 0 fully saturated rings. The number of carbonyl (C=O) groups is 1. The van der Waals surface area contributed by atoms with Crippen molar-refractivity contribution in [3.8, 4) is 6.07 Å². The molecular weight excluding hydrogens is 232 g/mol. The maximum atomic E-state index is 12.0. The van der Waals surface area contributed by atoms with Crippen LogP contribution in [0.2, 0.25) is 0 Å². The zero-order valence-electron chi connectivity index (χ0n) is 10.3. The molecular formula is C13H16N2OS. The van der Waals surface area contributed by atoms with E-state index in [-0.39, 0.29) is 5.91 Å². The molecule has 0 aliphatic heterocycles. The number of hydrogen-bond acceptors (Lipinski definition) is 3. The summed E-state index contributed by atoms with van der Waals surface area (Å²) < 4.78 is 0. The van der Waals surface area contributed by atoms with E-state index < -0.39 is 5.41 Å². The van der Waals surface area contributed by atoms with Crippen molar-refractivity contribution in [3.05, 3.63) is 24.3 Å². The van der Waals surface area contributed by atoms with Crippen molar-refractivity contribution in [2.45, 2.75) is 25.2 Å². The standard InChI is InChI=1S/C13H16N2OS/c1-4-13(2,9-14)12(16)15-10-6-5-7-11(8-10)17-3/h5-8H,4H2,1-3H3,(H,15,16). The fourth-order valence-corrected chi connectivity index (χ4v) is 1.72. The molecule has 3 nitrogen and oxygen atoms in total. The first-order valence-corrected chi connectivity index (χ1v) is 6.65. The van der Waals surface area contributed by atoms with Crippen LogP contribution >= 0.6 is 11.8 Å². The molecule has 1 unspecified atom stereocenters. The van der Waals surface area contributed by atoms with E-state index in [1.54, 1.807) is 18.7 Å². The quantitative estimate of drug-likeness (QED) is 0.832. The first kappa shape index (κ1) is 13.6. The summed E-state index contributed by atoms with van der Waals surface area (Å²) in [6.07, 6.45) is 2.48. The number of amides is 1. The van der Waals surface area contributed by atoms with E-state index in [9.17, 15) is 4.79 Å². The Morgan fingerprint density at radius 1 is 1.59 bits per heavy atom. The molecule has 0 radical (unpaired) electrons. The minimum Gasteiger partial charge on any atom is -0.325 e. The smallest absolute Gasteiger partial charge is 0.244 e. The Morgan fingerprint density at radius 3 is 2.82 bits per heavy atom. The van der Waals surface area contributed by atoms with E-state index in [0.29, 0.717) is 6.42 Å². The fourth-order valence-electron chi connectivity index (χ4n) is 1.26. The number of hydrogen-bond donors (Lipinski definition) is 1. The lowest BCUT2D eigenvalue weighted by Crippen LogP contribution is -2.31. The summed E-state index contributed by atoms with van der Waals surface area (Å²) in [5.41, 5.74) is -0.230. The highest BCUT2D eigenvalue weighted by Crippen LogP contribution is 2.24. The summed E-state index contributed by atoms with van der Waals surface area (Å²) in [5.74, 6) is -0.249. The van der Waals surface area contributed by atoms with E-state index >= 15 is 0 Å². The third-order valence-electron chi connectivity index (χ3n) is 2.78. The van der Waals surface area contributed by atoms with Crippen molar-refractivity contribution in [1.29, 1.82) is 5.26 Å². The van der Waals surface area contributed by atoms with Crippen LogP contribution < -0.4 is 5.32 Å². The summed E-state index contributed by atoms with van der Waals surface area (Å²) in [5, 5.41) is 11.8. The lowest BCUT2D eigenvalue weighted by atomic mass is 9.88. The zero-order valence-corrected chi connectivity index (χ0v) is 11.1. The van der Waals surface area contributed by atoms with Gasteiger partial charge in [0.25, 0.3) is 0 Å². The second kappa shape index (κ2) is 5.74. The lowest BCUT2D eigenvalue weighted by Gasteiger charge is -2.18. The highest BCUT2D eigenvalue weighted by atomic mass is 32.2. The Morgan fingerprint density at radius 2 is 2.29 bits per heavy atom. The maximum absolute atomic E-state index is 12.0. The van der Waals surface area contributed by atoms with Gasteiger partial charge in [-0.25, -0.2) is 0 Å². The molecule has 4 heteroatoms. The number of benzene rings is 1. The summed E-state index contributed by atoms with van der Waals surface area (Å²) in [4.78, 5) is 13.0. The van der Waals surface area contributed by atoms with Crippen molar-refractivity contribution < 1.29 is 4.79 Å². The minimum atomic E-state index is -0.963. The van der Waals surface area contributed by atoms with Crippen LogP contribution in [0.15, 0.2) is 29.2 Å². The number of nitrogens with one attached hydrogen (secondary N) is 1. The molecule has 0 spiro atoms. The molecule has 0 bridgehead atoms. The molecule has 17 heavy (non-hydrogen) atoms. The predicted octanol–water partition coefficient (Wildman–Crippen LogP) is 3.29. The number of nitriles is 1. The lowest BCUT2D eigenvalue weighted by molar-refractivity contribution is -0.122. The topological polar surface area (TPSA) is 52.9 Å². The van der Waals surface area contributed by atoms with Crippen LogP contribution in [0.4, 0.5) is 5.69 Å². The maximum Gasteiger partial charge on any atom is 0.244 e. The Labute approximate surface area is 106 Å². The summed E-state index contributed by atoms with van der Waals surface area (Å²) in [6.45, 7) is 3.49. The molecule has 0 heterocycles. The van der Waals surface area contributed by atoms with E-state index in [1.807, 2.05) is 37.4 Å². The normalized spacial score (nSPS) is 13.5. The third-order valence-corrected chi connectivity index (χ3v) is 3.51. The van der Waals surface area contributed by atoms with Gasteiger partial charge in [0.2, 0.25) is 5.91 Å². The van der Waals surface area contributed by atoms with Crippen LogP contribution in [0, 0.1) is 16.7 Å². The van der Waals surface area contributed by atoms with E-state index in [0.717, 1.165) is 10.6 Å². The molecule has 0 aliphatic rings. The van der Waals surface area contributed by atoms with Gasteiger partial charge in [0.1, 0.15) is 5.41 Å². The van der Waals surface area contributed by atoms with Gasteiger partial charge in [0.15, 0.2) is 0 Å². The van der Waals surface area contributed by atoms with Gasteiger partial charge in [-0.1, -0.05) is 13.0 Å². The van der Waals surface area contributed by atoms with Gasteiger partial charge < -0.3 is 5.32 Å². The molecule has 1 amide bonds. The van der Waals surface area contributed by atoms with E-state index in [2.05, 4.69) is 11.4 Å². The van der Waals surface area contributed by atoms with Gasteiger partial charge in [-0.3, -0.25) is 4.79 Å². The second-order valence-corrected chi connectivity index (χ2v) is 4.86. The van der Waals surface area contributed by atoms with Gasteiger partial charge in [0, 0.05) is 10.6 Å². The first-order chi connectivity index (χ1) is 8.05. The third kappa shape index (κ3) is 3.24. The molecule has 1 aromatic carbocycles. The Bertz CT molecular complexity index is 453. The number of thioether (sulfide) groups is 1. The monoisotopic (exact) mass is 248 g/mol. The minimum absolute atomic E-state index is 0.249. The molecule has 90 valence electrons. The Balaban J connectivity index is 2.85. The molecule has 1 rings (SSSR count). The number of nitrogens with zero attached hydrogens (tertiary/aromatic N) is 1. The molecule has 1 aromatic rings. The average Bonchev–Trinajstić information content (AvgIpc) is 2.37. The number of carbonyl (C=O) groups excluding carboxylic acids is 1. The molecule has 0 saturated heterocycles. The predicted molar refractivity (Wildman–Crippen MR) is 70.9 cm³/mol. The number of anilines is 1. The van der Waals surface area contributed by atoms with Crippen LogP contribution in [0.1, 0.15) is 20.3 Å². The Hall–Kier alpha value is -1.47. The second-order valence-electron chi connectivity index (χ2n) is 3.98. The van der Waals surface area contributed by atoms with Gasteiger partial charge >= 0.3 is 0 Å². The van der Waals surface area contributed by atoms with Gasteiger partial charge in [-0.05, 0) is 37.8 Å². The van der Waals surface area contributed by atoms with Crippen molar-refractivity contribution in [3.63, 3.8) is 0 Å². The van der Waals surface area contributed by atoms with E-state index in [1.165, 1.54) is 0 Å². The van der Waals surface area contributed by atoms with Crippen LogP contribution in [-0.2, 0) is 4.79 Å². The zero-order chi connectivity index (χ0) is 12.9. The van der Waals surface area contributed by atoms with Crippen LogP contribution in [0.5, 0.6) is 0 Å².